The fraction of sp³-hybridized carbons (Fsp3) is 1.00. The smallest absolute Gasteiger partial charge is 0.747 e. The summed E-state index contributed by atoms with van der Waals surface area (Å²) in [7, 11) is -4.29. The van der Waals surface area contributed by atoms with Crippen LogP contribution in [-0.2, 0) is 10.1 Å². The van der Waals surface area contributed by atoms with E-state index in [2.05, 4.69) is 6.92 Å². The predicted molar refractivity (Wildman–Crippen MR) is 83.4 cm³/mol. The summed E-state index contributed by atoms with van der Waals surface area (Å²) in [5.41, 5.74) is 5.28. The van der Waals surface area contributed by atoms with Gasteiger partial charge in [0.1, 0.15) is 10.1 Å². The molecule has 0 aromatic heterocycles. The van der Waals surface area contributed by atoms with E-state index in [0.717, 1.165) is 19.3 Å². The van der Waals surface area contributed by atoms with Crippen molar-refractivity contribution < 1.29 is 42.5 Å². The molecule has 1 unspecified atom stereocenters. The van der Waals surface area contributed by atoms with Crippen molar-refractivity contribution in [1.29, 1.82) is 0 Å². The Balaban J connectivity index is 0. The van der Waals surface area contributed by atoms with Crippen molar-refractivity contribution in [2.75, 3.05) is 0 Å². The molecule has 21 heavy (non-hydrogen) atoms. The van der Waals surface area contributed by atoms with E-state index in [9.17, 15) is 13.0 Å². The molecule has 0 bridgehead atoms. The molecule has 0 amide bonds. The van der Waals surface area contributed by atoms with Crippen LogP contribution in [-0.4, -0.2) is 18.3 Å². The summed E-state index contributed by atoms with van der Waals surface area (Å²) >= 11 is 0. The summed E-state index contributed by atoms with van der Waals surface area (Å²) in [4.78, 5) is 0. The van der Waals surface area contributed by atoms with E-state index in [-0.39, 0.29) is 29.6 Å². The second kappa shape index (κ2) is 15.8. The van der Waals surface area contributed by atoms with Crippen molar-refractivity contribution in [1.82, 2.24) is 0 Å². The van der Waals surface area contributed by atoms with Crippen molar-refractivity contribution in [3.63, 3.8) is 0 Å². The van der Waals surface area contributed by atoms with E-state index < -0.39 is 15.5 Å². The molecule has 122 valence electrons. The van der Waals surface area contributed by atoms with Crippen LogP contribution in [0.25, 0.3) is 0 Å². The van der Waals surface area contributed by atoms with Crippen LogP contribution < -0.4 is 35.3 Å². The van der Waals surface area contributed by atoms with Gasteiger partial charge in [-0.25, -0.2) is 8.42 Å². The Bertz CT molecular complexity index is 310. The molecule has 0 aliphatic heterocycles. The Hall–Kier alpha value is 0.870. The van der Waals surface area contributed by atoms with E-state index >= 15 is 0 Å². The molecule has 1 atom stereocenters. The van der Waals surface area contributed by atoms with E-state index in [4.69, 9.17) is 5.73 Å². The first-order valence-corrected chi connectivity index (χ1v) is 9.66. The van der Waals surface area contributed by atoms with E-state index in [1.165, 1.54) is 57.8 Å². The third-order valence-corrected chi connectivity index (χ3v) is 4.69. The van der Waals surface area contributed by atoms with Crippen LogP contribution in [0.5, 0.6) is 0 Å². The summed E-state index contributed by atoms with van der Waals surface area (Å²) in [6.07, 6.45) is 15.0. The van der Waals surface area contributed by atoms with Gasteiger partial charge in [0, 0.05) is 0 Å². The molecule has 4 nitrogen and oxygen atoms in total. The average molecular weight is 329 g/mol. The number of nitrogens with two attached hydrogens (primary N) is 1. The second-order valence-electron chi connectivity index (χ2n) is 5.71. The Labute approximate surface area is 153 Å². The van der Waals surface area contributed by atoms with Crippen molar-refractivity contribution in [3.8, 4) is 0 Å². The number of unbranched alkanes of at least 4 members (excludes halogenated alkanes) is 11. The van der Waals surface area contributed by atoms with Crippen LogP contribution in [0.4, 0.5) is 0 Å². The zero-order valence-electron chi connectivity index (χ0n) is 14.0. The first-order chi connectivity index (χ1) is 9.48. The normalized spacial score (nSPS) is 12.9. The predicted octanol–water partition coefficient (Wildman–Crippen LogP) is 0.912. The van der Waals surface area contributed by atoms with Gasteiger partial charge in [-0.15, -0.1) is 0 Å². The standard InChI is InChI=1S/C15H33NO3S.Na/c1-2-3-4-5-6-7-8-9-10-11-12-13-14-15(16)20(17,18)19;/h15H,2-14,16H2,1H3,(H,17,18,19);/q;+1/p-1. The summed E-state index contributed by atoms with van der Waals surface area (Å²) < 4.78 is 31.7. The minimum atomic E-state index is -4.29. The zero-order chi connectivity index (χ0) is 15.3. The van der Waals surface area contributed by atoms with Gasteiger partial charge >= 0.3 is 29.6 Å². The maximum Gasteiger partial charge on any atom is 1.00 e. The van der Waals surface area contributed by atoms with Crippen LogP contribution in [0.1, 0.15) is 90.4 Å². The average Bonchev–Trinajstić information content (AvgIpc) is 2.38. The fourth-order valence-corrected chi connectivity index (χ4v) is 2.79. The molecule has 2 N–H and O–H groups in total. The number of hydrogen-bond donors (Lipinski definition) is 1. The van der Waals surface area contributed by atoms with Gasteiger partial charge < -0.3 is 10.3 Å². The van der Waals surface area contributed by atoms with E-state index in [1.54, 1.807) is 0 Å². The second-order valence-corrected chi connectivity index (χ2v) is 7.30. The zero-order valence-corrected chi connectivity index (χ0v) is 16.8. The van der Waals surface area contributed by atoms with Gasteiger partial charge in [0.2, 0.25) is 0 Å². The van der Waals surface area contributed by atoms with Crippen LogP contribution in [0.15, 0.2) is 0 Å². The minimum Gasteiger partial charge on any atom is -0.747 e. The largest absolute Gasteiger partial charge is 1.00 e. The van der Waals surface area contributed by atoms with E-state index in [1.807, 2.05) is 0 Å². The monoisotopic (exact) mass is 329 g/mol. The summed E-state index contributed by atoms with van der Waals surface area (Å²) in [6, 6.07) is 0. The molecule has 0 aliphatic carbocycles. The molecule has 0 saturated heterocycles. The Morgan fingerprint density at radius 2 is 1.14 bits per heavy atom. The van der Waals surface area contributed by atoms with Gasteiger partial charge in [-0.05, 0) is 6.42 Å². The summed E-state index contributed by atoms with van der Waals surface area (Å²) in [5.74, 6) is 0. The number of hydrogen-bond acceptors (Lipinski definition) is 4. The molecular weight excluding hydrogens is 297 g/mol. The molecule has 0 radical (unpaired) electrons. The Morgan fingerprint density at radius 3 is 1.48 bits per heavy atom. The maximum atomic E-state index is 10.6. The minimum absolute atomic E-state index is 0. The van der Waals surface area contributed by atoms with Gasteiger partial charge in [-0.2, -0.15) is 0 Å². The molecule has 0 fully saturated rings. The molecule has 0 spiro atoms. The Morgan fingerprint density at radius 1 is 0.810 bits per heavy atom. The van der Waals surface area contributed by atoms with Crippen molar-refractivity contribution >= 4 is 10.1 Å². The Kier molecular flexibility index (Phi) is 18.1. The van der Waals surface area contributed by atoms with Gasteiger partial charge in [-0.3, -0.25) is 0 Å². The van der Waals surface area contributed by atoms with Gasteiger partial charge in [0.15, 0.2) is 0 Å². The van der Waals surface area contributed by atoms with E-state index in [0.29, 0.717) is 6.42 Å². The molecule has 6 heteroatoms. The molecule has 0 heterocycles. The summed E-state index contributed by atoms with van der Waals surface area (Å²) in [5, 5.41) is -1.22. The first kappa shape index (κ1) is 24.1. The molecule has 0 rings (SSSR count). The van der Waals surface area contributed by atoms with Gasteiger partial charge in [-0.1, -0.05) is 84.0 Å². The quantitative estimate of drug-likeness (QED) is 0.292. The van der Waals surface area contributed by atoms with Crippen LogP contribution >= 0.6 is 0 Å². The molecular formula is C15H32NNaO3S. The molecule has 0 aromatic carbocycles. The maximum absolute atomic E-state index is 10.6. The molecule has 0 saturated carbocycles. The van der Waals surface area contributed by atoms with Crippen LogP contribution in [0.2, 0.25) is 0 Å². The first-order valence-electron chi connectivity index (χ1n) is 8.18. The SMILES string of the molecule is CCCCCCCCCCCCCCC(N)S(=O)(=O)[O-].[Na+]. The van der Waals surface area contributed by atoms with Crippen molar-refractivity contribution in [2.24, 2.45) is 5.73 Å². The molecule has 0 aromatic rings. The number of rotatable bonds is 14. The third-order valence-electron chi connectivity index (χ3n) is 3.71. The van der Waals surface area contributed by atoms with Gasteiger partial charge in [0.25, 0.3) is 0 Å². The van der Waals surface area contributed by atoms with Crippen LogP contribution in [0, 0.1) is 0 Å². The molecule has 0 aliphatic rings. The summed E-state index contributed by atoms with van der Waals surface area (Å²) in [6.45, 7) is 2.24. The van der Waals surface area contributed by atoms with Crippen molar-refractivity contribution in [3.05, 3.63) is 0 Å². The van der Waals surface area contributed by atoms with Gasteiger partial charge in [0.05, 0.1) is 5.37 Å². The van der Waals surface area contributed by atoms with Crippen LogP contribution in [0.3, 0.4) is 0 Å². The topological polar surface area (TPSA) is 83.2 Å². The fourth-order valence-electron chi connectivity index (χ4n) is 2.33. The van der Waals surface area contributed by atoms with Crippen molar-refractivity contribution in [2.45, 2.75) is 95.8 Å². The third kappa shape index (κ3) is 17.1.